The van der Waals surface area contributed by atoms with Gasteiger partial charge in [0, 0.05) is 72.8 Å². The van der Waals surface area contributed by atoms with E-state index in [1.54, 1.807) is 12.1 Å². The Morgan fingerprint density at radius 2 is 0.868 bits per heavy atom. The monoisotopic (exact) mass is 998 g/mol. The van der Waals surface area contributed by atoms with Gasteiger partial charge in [0.2, 0.25) is 0 Å². The molecule has 10 rings (SSSR count). The average molecular weight is 1000 g/mol. The van der Waals surface area contributed by atoms with E-state index in [0.29, 0.717) is 35.2 Å². The van der Waals surface area contributed by atoms with Crippen LogP contribution >= 0.6 is 39.1 Å². The minimum atomic E-state index is -1.47. The molecule has 6 N–H and O–H groups in total. The van der Waals surface area contributed by atoms with Gasteiger partial charge in [-0.05, 0) is 89.5 Å². The number of nitrogens with zero attached hydrogens (tertiary/aromatic N) is 8. The number of pyridine rings is 2. The van der Waals surface area contributed by atoms with Crippen molar-refractivity contribution in [1.82, 2.24) is 39.0 Å². The highest BCUT2D eigenvalue weighted by atomic mass is 79.9. The molecule has 0 fully saturated rings. The van der Waals surface area contributed by atoms with Crippen molar-refractivity contribution in [1.29, 1.82) is 0 Å². The summed E-state index contributed by atoms with van der Waals surface area (Å²) < 4.78 is 5.50. The van der Waals surface area contributed by atoms with E-state index in [1.807, 2.05) is 97.3 Å². The molecule has 0 amide bonds. The summed E-state index contributed by atoms with van der Waals surface area (Å²) in [5.74, 6) is 1.02. The first kappa shape index (κ1) is 47.1. The number of aromatic nitrogens is 8. The van der Waals surface area contributed by atoms with Crippen molar-refractivity contribution in [2.75, 3.05) is 11.5 Å². The molecule has 6 aromatic heterocycles. The summed E-state index contributed by atoms with van der Waals surface area (Å²) in [5.41, 5.74) is 24.4. The van der Waals surface area contributed by atoms with E-state index in [2.05, 4.69) is 116 Å². The molecule has 0 bridgehead atoms. The highest BCUT2D eigenvalue weighted by Crippen LogP contribution is 2.36. The first-order valence-corrected chi connectivity index (χ1v) is 22.7. The van der Waals surface area contributed by atoms with Crippen LogP contribution in [0.5, 0.6) is 0 Å². The highest BCUT2D eigenvalue weighted by Gasteiger charge is 2.17. The van der Waals surface area contributed by atoms with Crippen molar-refractivity contribution in [2.24, 2.45) is 0 Å². The lowest BCUT2D eigenvalue weighted by atomic mass is 9.83. The zero-order valence-corrected chi connectivity index (χ0v) is 39.3. The lowest BCUT2D eigenvalue weighted by Gasteiger charge is -2.15. The number of benzene rings is 4. The standard InChI is InChI=1S/C26H20ClN5.C22H17BrClN3.C4H5BN2O2/c27-23-6-2-1-5-22(23)25-13-12-24(32(25)16-21-4-3-7-26(28)31-21)19-10-8-18(9-11-19)20-14-29-17-30-15-20;23-16-10-8-15(9-11-16)20-12-13-21(18-5-1-2-6-19(18)24)27(20)14-17-4-3-7-22(25)26-17;8-5(9)4-1-6-3-7-2-4/h1-15,17H,16H2,(H2,28,31);1-13H,14H2,(H2,25,26);1-3,8-9H. The first-order chi connectivity index (χ1) is 33.1. The summed E-state index contributed by atoms with van der Waals surface area (Å²) in [6, 6.07) is 52.2. The minimum absolute atomic E-state index is 0.303. The Bertz CT molecular complexity index is 3230. The van der Waals surface area contributed by atoms with Gasteiger partial charge in [0.15, 0.2) is 0 Å². The van der Waals surface area contributed by atoms with Gasteiger partial charge >= 0.3 is 7.12 Å². The van der Waals surface area contributed by atoms with E-state index in [1.165, 1.54) is 25.0 Å². The summed E-state index contributed by atoms with van der Waals surface area (Å²) in [7, 11) is -1.47. The zero-order chi connectivity index (χ0) is 47.4. The van der Waals surface area contributed by atoms with Crippen LogP contribution in [0.4, 0.5) is 11.6 Å². The Hall–Kier alpha value is -7.46. The average Bonchev–Trinajstić information content (AvgIpc) is 3.97. The molecular formula is C52H42BBrCl2N10O2. The van der Waals surface area contributed by atoms with Crippen LogP contribution in [0.25, 0.3) is 56.2 Å². The third-order valence-corrected chi connectivity index (χ3v) is 11.8. The van der Waals surface area contributed by atoms with Crippen LogP contribution in [-0.2, 0) is 13.1 Å². The Kier molecular flexibility index (Phi) is 15.5. The molecule has 10 aromatic rings. The van der Waals surface area contributed by atoms with E-state index in [9.17, 15) is 0 Å². The maximum Gasteiger partial charge on any atom is 0.491 e. The molecule has 0 aliphatic rings. The molecule has 6 heterocycles. The summed E-state index contributed by atoms with van der Waals surface area (Å²) >= 11 is 16.5. The second kappa shape index (κ2) is 22.4. The van der Waals surface area contributed by atoms with Crippen LogP contribution < -0.4 is 16.9 Å². The molecule has 12 nitrogen and oxygen atoms in total. The van der Waals surface area contributed by atoms with Gasteiger partial charge in [-0.1, -0.05) is 124 Å². The third-order valence-electron chi connectivity index (χ3n) is 10.7. The predicted molar refractivity (Wildman–Crippen MR) is 277 cm³/mol. The second-order valence-electron chi connectivity index (χ2n) is 15.2. The zero-order valence-electron chi connectivity index (χ0n) is 36.2. The van der Waals surface area contributed by atoms with Crippen LogP contribution in [0.2, 0.25) is 10.0 Å². The fourth-order valence-electron chi connectivity index (χ4n) is 7.43. The quantitative estimate of drug-likeness (QED) is 0.0964. The molecule has 336 valence electrons. The normalized spacial score (nSPS) is 10.7. The van der Waals surface area contributed by atoms with Crippen molar-refractivity contribution < 1.29 is 10.0 Å². The van der Waals surface area contributed by atoms with Gasteiger partial charge < -0.3 is 30.6 Å². The fourth-order valence-corrected chi connectivity index (χ4v) is 8.16. The molecule has 16 heteroatoms. The van der Waals surface area contributed by atoms with Crippen LogP contribution in [-0.4, -0.2) is 56.2 Å². The largest absolute Gasteiger partial charge is 0.491 e. The smallest absolute Gasteiger partial charge is 0.423 e. The van der Waals surface area contributed by atoms with E-state index in [-0.39, 0.29) is 0 Å². The molecule has 0 saturated carbocycles. The van der Waals surface area contributed by atoms with Crippen LogP contribution in [0.15, 0.2) is 200 Å². The highest BCUT2D eigenvalue weighted by molar-refractivity contribution is 9.10. The molecule has 4 aromatic carbocycles. The van der Waals surface area contributed by atoms with E-state index in [4.69, 9.17) is 44.7 Å². The van der Waals surface area contributed by atoms with Gasteiger partial charge in [0.1, 0.15) is 24.3 Å². The Morgan fingerprint density at radius 1 is 0.456 bits per heavy atom. The van der Waals surface area contributed by atoms with Crippen molar-refractivity contribution >= 4 is 63.3 Å². The first-order valence-electron chi connectivity index (χ1n) is 21.2. The maximum atomic E-state index is 8.50. The molecular weight excluding hydrogens is 958 g/mol. The third kappa shape index (κ3) is 11.7. The van der Waals surface area contributed by atoms with E-state index < -0.39 is 7.12 Å². The van der Waals surface area contributed by atoms with Gasteiger partial charge in [-0.3, -0.25) is 0 Å². The molecule has 0 aliphatic carbocycles. The molecule has 0 unspecified atom stereocenters. The molecule has 0 saturated heterocycles. The number of anilines is 2. The lowest BCUT2D eigenvalue weighted by molar-refractivity contribution is 0.425. The topological polar surface area (TPSA) is 180 Å². The Balaban J connectivity index is 0.000000157. The SMILES string of the molecule is Nc1cccc(Cn2c(-c3ccc(-c4cncnc4)cc3)ccc2-c2ccccc2Cl)n1.Nc1cccc(Cn2c(-c3ccc(Br)cc3)ccc2-c2ccccc2Cl)n1.OB(O)c1cncnc1. The molecule has 0 radical (unpaired) electrons. The van der Waals surface area contributed by atoms with Crippen molar-refractivity contribution in [3.05, 3.63) is 221 Å². The Labute approximate surface area is 411 Å². The second-order valence-corrected chi connectivity index (χ2v) is 16.9. The lowest BCUT2D eigenvalue weighted by Crippen LogP contribution is -2.30. The summed E-state index contributed by atoms with van der Waals surface area (Å²) in [6.45, 7) is 1.17. The number of hydrogen-bond acceptors (Lipinski definition) is 10. The van der Waals surface area contributed by atoms with Crippen LogP contribution in [0, 0.1) is 0 Å². The number of hydrogen-bond donors (Lipinski definition) is 4. The van der Waals surface area contributed by atoms with Crippen molar-refractivity contribution in [3.63, 3.8) is 0 Å². The molecule has 0 spiro atoms. The van der Waals surface area contributed by atoms with Crippen LogP contribution in [0.1, 0.15) is 11.4 Å². The molecule has 0 aliphatic heterocycles. The van der Waals surface area contributed by atoms with Gasteiger partial charge in [-0.2, -0.15) is 0 Å². The summed E-state index contributed by atoms with van der Waals surface area (Å²) in [4.78, 5) is 24.3. The Morgan fingerprint density at radius 3 is 1.29 bits per heavy atom. The molecule has 0 atom stereocenters. The fraction of sp³-hybridized carbons (Fsp3) is 0.0385. The van der Waals surface area contributed by atoms with Crippen LogP contribution in [0.3, 0.4) is 0 Å². The summed E-state index contributed by atoms with van der Waals surface area (Å²) in [6.07, 6.45) is 9.17. The van der Waals surface area contributed by atoms with Crippen molar-refractivity contribution in [2.45, 2.75) is 13.1 Å². The van der Waals surface area contributed by atoms with Crippen molar-refractivity contribution in [3.8, 4) is 56.2 Å². The number of nitrogens with two attached hydrogens (primary N) is 2. The van der Waals surface area contributed by atoms with E-state index >= 15 is 0 Å². The van der Waals surface area contributed by atoms with Gasteiger partial charge in [-0.25, -0.2) is 29.9 Å². The van der Waals surface area contributed by atoms with Gasteiger partial charge in [-0.15, -0.1) is 0 Å². The van der Waals surface area contributed by atoms with Gasteiger partial charge in [0.05, 0.1) is 35.9 Å². The number of rotatable bonds is 10. The molecule has 68 heavy (non-hydrogen) atoms. The maximum absolute atomic E-state index is 8.50. The minimum Gasteiger partial charge on any atom is -0.423 e. The number of nitrogen functional groups attached to an aromatic ring is 2. The van der Waals surface area contributed by atoms with Gasteiger partial charge in [0.25, 0.3) is 0 Å². The summed E-state index contributed by atoms with van der Waals surface area (Å²) in [5, 5.41) is 18.4. The number of halogens is 3. The predicted octanol–water partition coefficient (Wildman–Crippen LogP) is 10.4. The van der Waals surface area contributed by atoms with E-state index in [0.717, 1.165) is 77.0 Å².